The first-order valence-electron chi connectivity index (χ1n) is 3.40. The van der Waals surface area contributed by atoms with Gasteiger partial charge in [-0.05, 0) is 12.1 Å². The van der Waals surface area contributed by atoms with Crippen LogP contribution in [0.5, 0.6) is 0 Å². The second-order valence-electron chi connectivity index (χ2n) is 2.27. The lowest BCUT2D eigenvalue weighted by molar-refractivity contribution is 0.514. The van der Waals surface area contributed by atoms with Crippen LogP contribution in [-0.2, 0) is 9.05 Å². The Morgan fingerprint density at radius 3 is 2.75 bits per heavy atom. The number of hydrogen-bond donors (Lipinski definition) is 0. The van der Waals surface area contributed by atoms with Gasteiger partial charge in [-0.15, -0.1) is 0 Å². The van der Waals surface area contributed by atoms with Gasteiger partial charge in [-0.25, -0.2) is 0 Å². The largest absolute Gasteiger partial charge is 0.445 e. The van der Waals surface area contributed by atoms with E-state index in [4.69, 9.17) is 20.6 Å². The molecule has 0 N–H and O–H groups in total. The highest BCUT2D eigenvalue weighted by molar-refractivity contribution is 7.27. The van der Waals surface area contributed by atoms with E-state index in [-0.39, 0.29) is 9.03 Å². The van der Waals surface area contributed by atoms with Crippen LogP contribution >= 0.6 is 20.6 Å². The smallest absolute Gasteiger partial charge is 0.275 e. The molecule has 0 fully saturated rings. The van der Waals surface area contributed by atoms with E-state index in [0.717, 1.165) is 5.56 Å². The van der Waals surface area contributed by atoms with Crippen LogP contribution in [-0.4, -0.2) is 0 Å². The lowest BCUT2D eigenvalue weighted by Gasteiger charge is -2.01. The van der Waals surface area contributed by atoms with Crippen molar-refractivity contribution in [1.29, 1.82) is 0 Å². The van der Waals surface area contributed by atoms with E-state index in [9.17, 15) is 0 Å². The van der Waals surface area contributed by atoms with E-state index in [1.807, 2.05) is 24.3 Å². The van der Waals surface area contributed by atoms with Crippen LogP contribution in [0.4, 0.5) is 0 Å². The molecule has 1 atom stereocenters. The summed E-state index contributed by atoms with van der Waals surface area (Å²) in [4.78, 5) is 0. The molecule has 1 heterocycles. The molecule has 1 aliphatic rings. The van der Waals surface area contributed by atoms with Gasteiger partial charge in [0, 0.05) is 5.56 Å². The van der Waals surface area contributed by atoms with E-state index >= 15 is 0 Å². The Kier molecular flexibility index (Phi) is 2.20. The Morgan fingerprint density at radius 2 is 2.08 bits per heavy atom. The van der Waals surface area contributed by atoms with Crippen LogP contribution in [0.25, 0.3) is 5.76 Å². The first-order chi connectivity index (χ1) is 5.88. The number of rotatable bonds is 1. The minimum absolute atomic E-state index is 0.0596. The average molecular weight is 201 g/mol. The third-order valence-electron chi connectivity index (χ3n) is 1.51. The maximum absolute atomic E-state index is 5.93. The van der Waals surface area contributed by atoms with Crippen molar-refractivity contribution in [1.82, 2.24) is 0 Å². The van der Waals surface area contributed by atoms with Crippen molar-refractivity contribution >= 4 is 26.4 Å². The van der Waals surface area contributed by atoms with Gasteiger partial charge >= 0.3 is 0 Å². The zero-order valence-corrected chi connectivity index (χ0v) is 7.84. The minimum atomic E-state index is 0.0596. The van der Waals surface area contributed by atoms with Crippen molar-refractivity contribution in [2.24, 2.45) is 0 Å². The van der Waals surface area contributed by atoms with Crippen molar-refractivity contribution in [3.05, 3.63) is 41.1 Å². The summed E-state index contributed by atoms with van der Waals surface area (Å²) in [5.74, 6) is 0.707. The van der Waals surface area contributed by atoms with Gasteiger partial charge in [-0.3, -0.25) is 0 Å². The van der Waals surface area contributed by atoms with Crippen LogP contribution in [0.2, 0.25) is 5.02 Å². The number of halogens is 1. The number of hydrogen-bond acceptors (Lipinski definition) is 2. The molecule has 1 unspecified atom stereocenters. The molecule has 1 aromatic carbocycles. The summed E-state index contributed by atoms with van der Waals surface area (Å²) in [5, 5.41) is 0.680. The van der Waals surface area contributed by atoms with Gasteiger partial charge in [-0.2, -0.15) is 0 Å². The van der Waals surface area contributed by atoms with Crippen LogP contribution < -0.4 is 0 Å². The lowest BCUT2D eigenvalue weighted by atomic mass is 10.2. The Morgan fingerprint density at radius 1 is 1.25 bits per heavy atom. The summed E-state index contributed by atoms with van der Waals surface area (Å²) < 4.78 is 10.2. The van der Waals surface area contributed by atoms with Crippen LogP contribution in [0.1, 0.15) is 5.56 Å². The van der Waals surface area contributed by atoms with E-state index in [1.54, 1.807) is 6.26 Å². The molecule has 62 valence electrons. The fourth-order valence-electron chi connectivity index (χ4n) is 0.950. The molecule has 0 saturated heterocycles. The highest BCUT2D eigenvalue weighted by Crippen LogP contribution is 2.36. The molecule has 1 aromatic rings. The normalized spacial score (nSPS) is 16.9. The second kappa shape index (κ2) is 3.34. The number of benzene rings is 1. The van der Waals surface area contributed by atoms with Crippen molar-refractivity contribution in [2.45, 2.75) is 0 Å². The van der Waals surface area contributed by atoms with E-state index < -0.39 is 0 Å². The summed E-state index contributed by atoms with van der Waals surface area (Å²) in [5.41, 5.74) is 0.879. The molecule has 0 aliphatic carbocycles. The van der Waals surface area contributed by atoms with Gasteiger partial charge in [0.15, 0.2) is 5.76 Å². The summed E-state index contributed by atoms with van der Waals surface area (Å²) in [6.07, 6.45) is 1.58. The predicted octanol–water partition coefficient (Wildman–Crippen LogP) is 3.19. The molecule has 0 saturated carbocycles. The van der Waals surface area contributed by atoms with Crippen LogP contribution in [0, 0.1) is 0 Å². The Labute approximate surface area is 77.1 Å². The first-order valence-corrected chi connectivity index (χ1v) is 4.60. The topological polar surface area (TPSA) is 18.5 Å². The van der Waals surface area contributed by atoms with Crippen molar-refractivity contribution in [3.63, 3.8) is 0 Å². The quantitative estimate of drug-likeness (QED) is 0.648. The fourth-order valence-corrected chi connectivity index (χ4v) is 1.63. The zero-order valence-electron chi connectivity index (χ0n) is 6.08. The highest BCUT2D eigenvalue weighted by Gasteiger charge is 2.12. The standard InChI is InChI=1S/C8H6ClO2P/c9-7-4-2-1-3-6(7)8-5-10-12-11-8/h1-5,12H. The average Bonchev–Trinajstić information content (AvgIpc) is 2.57. The van der Waals surface area contributed by atoms with Gasteiger partial charge in [-0.1, -0.05) is 23.7 Å². The lowest BCUT2D eigenvalue weighted by Crippen LogP contribution is -1.82. The summed E-state index contributed by atoms with van der Waals surface area (Å²) >= 11 is 5.93. The Balaban J connectivity index is 2.39. The molecule has 1 aliphatic heterocycles. The zero-order chi connectivity index (χ0) is 8.39. The molecule has 0 amide bonds. The van der Waals surface area contributed by atoms with Gasteiger partial charge in [0.1, 0.15) is 6.26 Å². The molecule has 2 rings (SSSR count). The van der Waals surface area contributed by atoms with Crippen molar-refractivity contribution < 1.29 is 9.05 Å². The van der Waals surface area contributed by atoms with Gasteiger partial charge < -0.3 is 9.05 Å². The molecular weight excluding hydrogens is 195 g/mol. The second-order valence-corrected chi connectivity index (χ2v) is 3.28. The predicted molar refractivity (Wildman–Crippen MR) is 49.9 cm³/mol. The molecule has 0 aromatic heterocycles. The van der Waals surface area contributed by atoms with Crippen molar-refractivity contribution in [3.8, 4) is 0 Å². The molecular formula is C8H6ClO2P. The third kappa shape index (κ3) is 1.40. The molecule has 0 spiro atoms. The summed E-state index contributed by atoms with van der Waals surface area (Å²) in [7, 11) is 0.0596. The summed E-state index contributed by atoms with van der Waals surface area (Å²) in [6, 6.07) is 7.51. The third-order valence-corrected chi connectivity index (χ3v) is 2.35. The monoisotopic (exact) mass is 200 g/mol. The molecule has 12 heavy (non-hydrogen) atoms. The highest BCUT2D eigenvalue weighted by atomic mass is 35.5. The van der Waals surface area contributed by atoms with E-state index in [0.29, 0.717) is 10.8 Å². The van der Waals surface area contributed by atoms with Crippen molar-refractivity contribution in [2.75, 3.05) is 0 Å². The maximum atomic E-state index is 5.93. The first kappa shape index (κ1) is 7.90. The van der Waals surface area contributed by atoms with Gasteiger partial charge in [0.25, 0.3) is 9.03 Å². The molecule has 2 nitrogen and oxygen atoms in total. The molecule has 0 bridgehead atoms. The van der Waals surface area contributed by atoms with Crippen LogP contribution in [0.15, 0.2) is 30.5 Å². The summed E-state index contributed by atoms with van der Waals surface area (Å²) in [6.45, 7) is 0. The Bertz CT molecular complexity index is 325. The fraction of sp³-hybridized carbons (Fsp3) is 0. The van der Waals surface area contributed by atoms with Gasteiger partial charge in [0.2, 0.25) is 0 Å². The van der Waals surface area contributed by atoms with E-state index in [2.05, 4.69) is 0 Å². The molecule has 4 heteroatoms. The Hall–Kier alpha value is -0.720. The SMILES string of the molecule is Clc1ccccc1C1=COPO1. The minimum Gasteiger partial charge on any atom is -0.445 e. The molecule has 0 radical (unpaired) electrons. The maximum Gasteiger partial charge on any atom is 0.275 e. The van der Waals surface area contributed by atoms with Crippen LogP contribution in [0.3, 0.4) is 0 Å². The van der Waals surface area contributed by atoms with E-state index in [1.165, 1.54) is 0 Å². The van der Waals surface area contributed by atoms with Gasteiger partial charge in [0.05, 0.1) is 5.02 Å².